The second kappa shape index (κ2) is 4.40. The molecule has 2 aromatic rings. The Labute approximate surface area is 96.7 Å². The fraction of sp³-hybridized carbons (Fsp3) is 0.0909. The lowest BCUT2D eigenvalue weighted by Gasteiger charge is -2.07. The molecular formula is C11H10BrN3. The zero-order valence-electron chi connectivity index (χ0n) is 8.24. The Bertz CT molecular complexity index is 454. The summed E-state index contributed by atoms with van der Waals surface area (Å²) in [7, 11) is 0. The van der Waals surface area contributed by atoms with E-state index in [-0.39, 0.29) is 0 Å². The van der Waals surface area contributed by atoms with Crippen LogP contribution in [0.4, 0.5) is 11.4 Å². The molecule has 0 spiro atoms. The normalized spacial score (nSPS) is 10.0. The Morgan fingerprint density at radius 1 is 1.20 bits per heavy atom. The fourth-order valence-corrected chi connectivity index (χ4v) is 1.52. The van der Waals surface area contributed by atoms with Crippen LogP contribution >= 0.6 is 15.9 Å². The minimum absolute atomic E-state index is 0.936. The first-order valence-electron chi connectivity index (χ1n) is 4.55. The van der Waals surface area contributed by atoms with Gasteiger partial charge in [-0.25, -0.2) is 0 Å². The van der Waals surface area contributed by atoms with E-state index in [1.165, 1.54) is 0 Å². The van der Waals surface area contributed by atoms with Gasteiger partial charge in [0.2, 0.25) is 0 Å². The maximum atomic E-state index is 4.21. The molecule has 0 aliphatic heterocycles. The first-order valence-corrected chi connectivity index (χ1v) is 5.34. The van der Waals surface area contributed by atoms with Crippen LogP contribution in [-0.2, 0) is 0 Å². The van der Waals surface area contributed by atoms with Crippen molar-refractivity contribution in [2.24, 2.45) is 0 Å². The first-order chi connectivity index (χ1) is 7.25. The van der Waals surface area contributed by atoms with Gasteiger partial charge in [0.25, 0.3) is 0 Å². The SMILES string of the molecule is Cc1ccc(Nc2ccncc2Br)cn1. The van der Waals surface area contributed by atoms with Gasteiger partial charge in [0.1, 0.15) is 0 Å². The van der Waals surface area contributed by atoms with Gasteiger partial charge in [-0.05, 0) is 41.1 Å². The molecule has 2 rings (SSSR count). The van der Waals surface area contributed by atoms with Crippen LogP contribution in [0.15, 0.2) is 41.3 Å². The van der Waals surface area contributed by atoms with Crippen LogP contribution in [0.5, 0.6) is 0 Å². The number of halogens is 1. The molecule has 2 aromatic heterocycles. The minimum Gasteiger partial charge on any atom is -0.353 e. The Hall–Kier alpha value is -1.42. The maximum absolute atomic E-state index is 4.21. The van der Waals surface area contributed by atoms with Gasteiger partial charge in [0, 0.05) is 18.1 Å². The van der Waals surface area contributed by atoms with E-state index in [0.717, 1.165) is 21.5 Å². The molecule has 0 saturated carbocycles. The van der Waals surface area contributed by atoms with Gasteiger partial charge in [0.05, 0.1) is 22.0 Å². The lowest BCUT2D eigenvalue weighted by atomic mass is 10.3. The van der Waals surface area contributed by atoms with Gasteiger partial charge >= 0.3 is 0 Å². The van der Waals surface area contributed by atoms with E-state index in [1.54, 1.807) is 12.4 Å². The number of nitrogens with one attached hydrogen (secondary N) is 1. The Morgan fingerprint density at radius 3 is 2.73 bits per heavy atom. The van der Waals surface area contributed by atoms with E-state index in [4.69, 9.17) is 0 Å². The molecule has 0 aliphatic rings. The molecule has 0 amide bonds. The van der Waals surface area contributed by atoms with Crippen LogP contribution in [0.25, 0.3) is 0 Å². The standard InChI is InChI=1S/C11H10BrN3/c1-8-2-3-9(6-14-8)15-11-4-5-13-7-10(11)12/h2-7H,1H3,(H,13,15). The van der Waals surface area contributed by atoms with E-state index >= 15 is 0 Å². The predicted molar refractivity (Wildman–Crippen MR) is 64.2 cm³/mol. The second-order valence-corrected chi connectivity index (χ2v) is 4.02. The lowest BCUT2D eigenvalue weighted by molar-refractivity contribution is 1.20. The summed E-state index contributed by atoms with van der Waals surface area (Å²) in [4.78, 5) is 8.21. The third kappa shape index (κ3) is 2.53. The summed E-state index contributed by atoms with van der Waals surface area (Å²) in [5.74, 6) is 0. The molecule has 1 N–H and O–H groups in total. The number of anilines is 2. The number of nitrogens with zero attached hydrogens (tertiary/aromatic N) is 2. The molecule has 0 fully saturated rings. The van der Waals surface area contributed by atoms with Crippen LogP contribution < -0.4 is 5.32 Å². The average Bonchev–Trinajstić information content (AvgIpc) is 2.25. The van der Waals surface area contributed by atoms with E-state index in [1.807, 2.05) is 31.3 Å². The molecule has 0 bridgehead atoms. The number of hydrogen-bond donors (Lipinski definition) is 1. The molecule has 76 valence electrons. The third-order valence-electron chi connectivity index (χ3n) is 1.96. The van der Waals surface area contributed by atoms with E-state index < -0.39 is 0 Å². The number of pyridine rings is 2. The number of hydrogen-bond acceptors (Lipinski definition) is 3. The highest BCUT2D eigenvalue weighted by Gasteiger charge is 1.99. The number of aromatic nitrogens is 2. The molecular weight excluding hydrogens is 254 g/mol. The van der Waals surface area contributed by atoms with E-state index in [2.05, 4.69) is 31.2 Å². The van der Waals surface area contributed by atoms with Crippen molar-refractivity contribution in [1.29, 1.82) is 0 Å². The summed E-state index contributed by atoms with van der Waals surface area (Å²) in [5.41, 5.74) is 2.96. The predicted octanol–water partition coefficient (Wildman–Crippen LogP) is 3.29. The summed E-state index contributed by atoms with van der Waals surface area (Å²) < 4.78 is 0.936. The van der Waals surface area contributed by atoms with Crippen LogP contribution in [0.3, 0.4) is 0 Å². The highest BCUT2D eigenvalue weighted by Crippen LogP contribution is 2.23. The monoisotopic (exact) mass is 263 g/mol. The topological polar surface area (TPSA) is 37.8 Å². The number of rotatable bonds is 2. The Kier molecular flexibility index (Phi) is 2.97. The molecule has 0 aromatic carbocycles. The Balaban J connectivity index is 2.22. The van der Waals surface area contributed by atoms with Gasteiger partial charge in [0.15, 0.2) is 0 Å². The van der Waals surface area contributed by atoms with Crippen molar-refractivity contribution >= 4 is 27.3 Å². The quantitative estimate of drug-likeness (QED) is 0.904. The second-order valence-electron chi connectivity index (χ2n) is 3.17. The summed E-state index contributed by atoms with van der Waals surface area (Å²) in [5, 5.41) is 3.25. The van der Waals surface area contributed by atoms with Gasteiger partial charge in [-0.2, -0.15) is 0 Å². The average molecular weight is 264 g/mol. The van der Waals surface area contributed by atoms with Crippen molar-refractivity contribution < 1.29 is 0 Å². The van der Waals surface area contributed by atoms with Gasteiger partial charge in [-0.1, -0.05) is 0 Å². The van der Waals surface area contributed by atoms with Gasteiger partial charge < -0.3 is 5.32 Å². The maximum Gasteiger partial charge on any atom is 0.0593 e. The summed E-state index contributed by atoms with van der Waals surface area (Å²) in [6.07, 6.45) is 5.31. The number of aryl methyl sites for hydroxylation is 1. The molecule has 3 nitrogen and oxygen atoms in total. The zero-order chi connectivity index (χ0) is 10.7. The van der Waals surface area contributed by atoms with Gasteiger partial charge in [-0.3, -0.25) is 9.97 Å². The van der Waals surface area contributed by atoms with Crippen LogP contribution in [0.2, 0.25) is 0 Å². The smallest absolute Gasteiger partial charge is 0.0593 e. The molecule has 0 aliphatic carbocycles. The van der Waals surface area contributed by atoms with Crippen LogP contribution in [0, 0.1) is 6.92 Å². The molecule has 0 unspecified atom stereocenters. The zero-order valence-corrected chi connectivity index (χ0v) is 9.82. The third-order valence-corrected chi connectivity index (χ3v) is 2.59. The highest BCUT2D eigenvalue weighted by molar-refractivity contribution is 9.10. The molecule has 0 radical (unpaired) electrons. The van der Waals surface area contributed by atoms with Crippen molar-refractivity contribution in [1.82, 2.24) is 9.97 Å². The van der Waals surface area contributed by atoms with Gasteiger partial charge in [-0.15, -0.1) is 0 Å². The molecule has 15 heavy (non-hydrogen) atoms. The van der Waals surface area contributed by atoms with Crippen LogP contribution in [-0.4, -0.2) is 9.97 Å². The van der Waals surface area contributed by atoms with Crippen molar-refractivity contribution in [3.05, 3.63) is 47.0 Å². The van der Waals surface area contributed by atoms with E-state index in [9.17, 15) is 0 Å². The lowest BCUT2D eigenvalue weighted by Crippen LogP contribution is -1.92. The van der Waals surface area contributed by atoms with Crippen molar-refractivity contribution in [3.8, 4) is 0 Å². The van der Waals surface area contributed by atoms with Crippen molar-refractivity contribution in [2.75, 3.05) is 5.32 Å². The molecule has 4 heteroatoms. The largest absolute Gasteiger partial charge is 0.353 e. The van der Waals surface area contributed by atoms with Crippen molar-refractivity contribution in [3.63, 3.8) is 0 Å². The van der Waals surface area contributed by atoms with Crippen molar-refractivity contribution in [2.45, 2.75) is 6.92 Å². The first kappa shape index (κ1) is 10.1. The minimum atomic E-state index is 0.936. The Morgan fingerprint density at radius 2 is 2.07 bits per heavy atom. The van der Waals surface area contributed by atoms with E-state index in [0.29, 0.717) is 0 Å². The summed E-state index contributed by atoms with van der Waals surface area (Å²) in [6.45, 7) is 1.96. The molecule has 2 heterocycles. The fourth-order valence-electron chi connectivity index (χ4n) is 1.17. The van der Waals surface area contributed by atoms with Crippen LogP contribution in [0.1, 0.15) is 5.69 Å². The molecule has 0 saturated heterocycles. The summed E-state index contributed by atoms with van der Waals surface area (Å²) >= 11 is 3.42. The highest BCUT2D eigenvalue weighted by atomic mass is 79.9. The summed E-state index contributed by atoms with van der Waals surface area (Å²) in [6, 6.07) is 5.87. The molecule has 0 atom stereocenters.